The van der Waals surface area contributed by atoms with Crippen molar-refractivity contribution in [1.82, 2.24) is 20.0 Å². The van der Waals surface area contributed by atoms with Gasteiger partial charge in [-0.2, -0.15) is 0 Å². The first-order valence-electron chi connectivity index (χ1n) is 16.3. The zero-order valence-electron chi connectivity index (χ0n) is 26.6. The van der Waals surface area contributed by atoms with Crippen molar-refractivity contribution in [3.05, 3.63) is 77.1 Å². The van der Waals surface area contributed by atoms with Gasteiger partial charge in [-0.3, -0.25) is 19.3 Å². The number of piperazine rings is 1. The largest absolute Gasteiger partial charge is 0.387 e. The number of benzene rings is 1. The van der Waals surface area contributed by atoms with Crippen molar-refractivity contribution >= 4 is 42.0 Å². The summed E-state index contributed by atoms with van der Waals surface area (Å²) in [5.41, 5.74) is 2.37. The number of amides is 2. The minimum absolute atomic E-state index is 0. The lowest BCUT2D eigenvalue weighted by atomic mass is 9.96. The van der Waals surface area contributed by atoms with E-state index in [9.17, 15) is 19.2 Å². The Kier molecular flexibility index (Phi) is 12.7. The number of dihydropyridines is 1. The summed E-state index contributed by atoms with van der Waals surface area (Å²) in [6.45, 7) is 6.14. The third-order valence-electron chi connectivity index (χ3n) is 9.01. The van der Waals surface area contributed by atoms with E-state index in [4.69, 9.17) is 0 Å². The summed E-state index contributed by atoms with van der Waals surface area (Å²) in [5, 5.41) is 3.24. The first-order valence-corrected chi connectivity index (χ1v) is 16.3. The quantitative estimate of drug-likeness (QED) is 0.161. The minimum atomic E-state index is -0.557. The van der Waals surface area contributed by atoms with E-state index < -0.39 is 17.6 Å². The number of fused-ring (bicyclic) bond motifs is 1. The van der Waals surface area contributed by atoms with E-state index in [-0.39, 0.29) is 48.8 Å². The van der Waals surface area contributed by atoms with Crippen LogP contribution in [0.5, 0.6) is 0 Å². The van der Waals surface area contributed by atoms with Gasteiger partial charge in [0.2, 0.25) is 0 Å². The van der Waals surface area contributed by atoms with Gasteiger partial charge in [0.15, 0.2) is 5.78 Å². The molecule has 0 radical (unpaired) electrons. The van der Waals surface area contributed by atoms with Gasteiger partial charge in [-0.1, -0.05) is 38.7 Å². The van der Waals surface area contributed by atoms with Crippen molar-refractivity contribution < 1.29 is 23.6 Å². The fourth-order valence-corrected chi connectivity index (χ4v) is 6.60. The fourth-order valence-electron chi connectivity index (χ4n) is 6.60. The molecular weight excluding hydrogens is 609 g/mol. The summed E-state index contributed by atoms with van der Waals surface area (Å²) in [4.78, 5) is 57.1. The maximum Gasteiger partial charge on any atom is 0.266 e. The number of anilines is 1. The molecule has 1 aromatic rings. The lowest BCUT2D eigenvalue weighted by Gasteiger charge is -2.41. The number of nitrogens with one attached hydrogen (secondary N) is 1. The van der Waals surface area contributed by atoms with Crippen molar-refractivity contribution in [1.29, 1.82) is 0 Å². The molecular formula is C35H45ClFN5O4. The summed E-state index contributed by atoms with van der Waals surface area (Å²) < 4.78 is 15.6. The number of rotatable bonds is 15. The highest BCUT2D eigenvalue weighted by atomic mass is 35.5. The van der Waals surface area contributed by atoms with Gasteiger partial charge in [0.25, 0.3) is 11.8 Å². The number of imide groups is 1. The van der Waals surface area contributed by atoms with E-state index in [0.717, 1.165) is 37.2 Å². The monoisotopic (exact) mass is 653 g/mol. The van der Waals surface area contributed by atoms with E-state index in [1.54, 1.807) is 23.3 Å². The van der Waals surface area contributed by atoms with Gasteiger partial charge in [-0.25, -0.2) is 9.29 Å². The Balaban J connectivity index is 0.00000480. The first-order chi connectivity index (χ1) is 21.9. The van der Waals surface area contributed by atoms with Gasteiger partial charge in [-0.05, 0) is 61.2 Å². The van der Waals surface area contributed by atoms with E-state index in [2.05, 4.69) is 29.3 Å². The fraction of sp³-hybridized carbons (Fsp3) is 0.486. The van der Waals surface area contributed by atoms with E-state index in [1.807, 2.05) is 11.1 Å². The van der Waals surface area contributed by atoms with Gasteiger partial charge in [-0.15, -0.1) is 12.4 Å². The Morgan fingerprint density at radius 2 is 1.80 bits per heavy atom. The third-order valence-corrected chi connectivity index (χ3v) is 9.01. The lowest BCUT2D eigenvalue weighted by Crippen LogP contribution is -2.51. The Morgan fingerprint density at radius 1 is 1.04 bits per heavy atom. The van der Waals surface area contributed by atoms with Crippen LogP contribution in [-0.4, -0.2) is 90.4 Å². The van der Waals surface area contributed by atoms with Crippen LogP contribution in [0.2, 0.25) is 0 Å². The van der Waals surface area contributed by atoms with Crippen LogP contribution in [0.1, 0.15) is 79.0 Å². The molecule has 0 bridgehead atoms. The molecule has 1 atom stereocenters. The molecule has 248 valence electrons. The normalized spacial score (nSPS) is 18.5. The van der Waals surface area contributed by atoms with Crippen LogP contribution in [-0.2, 0) is 9.59 Å². The number of carbonyl (C=O) groups is 4. The molecule has 1 aromatic carbocycles. The number of unbranched alkanes of at least 4 members (excludes halogenated alkanes) is 4. The van der Waals surface area contributed by atoms with E-state index in [0.29, 0.717) is 43.4 Å². The molecule has 11 heteroatoms. The molecule has 0 aliphatic carbocycles. The lowest BCUT2D eigenvalue weighted by molar-refractivity contribution is -0.119. The average Bonchev–Trinajstić information content (AvgIpc) is 3.29. The van der Waals surface area contributed by atoms with E-state index >= 15 is 4.39 Å². The molecule has 2 amide bonds. The predicted octanol–water partition coefficient (Wildman–Crippen LogP) is 5.00. The molecule has 9 nitrogen and oxygen atoms in total. The molecule has 0 spiro atoms. The maximum absolute atomic E-state index is 15.6. The summed E-state index contributed by atoms with van der Waals surface area (Å²) in [6, 6.07) is 3.06. The minimum Gasteiger partial charge on any atom is -0.387 e. The number of carbonyl (C=O) groups excluding carboxylic acids is 4. The standard InChI is InChI=1S/C35H44FN5O4.ClH/c1-2-3-4-5-11-32(26-12-14-37-15-13-26)39-17-19-40(20-18-39)33-23-30-29(22-31(33)36)34(44)41(35(30)45)27-9-8-16-38(24-27)25-28(43)10-6-7-21-42;/h8-9,12-14,16,21-23,32,37H,2-7,10-11,15,17-20,24-25H2,1H3;1H. The van der Waals surface area contributed by atoms with Crippen LogP contribution >= 0.6 is 12.4 Å². The average molecular weight is 654 g/mol. The van der Waals surface area contributed by atoms with Crippen LogP contribution < -0.4 is 10.2 Å². The van der Waals surface area contributed by atoms with Gasteiger partial charge < -0.3 is 19.9 Å². The van der Waals surface area contributed by atoms with Crippen LogP contribution in [0.25, 0.3) is 0 Å². The highest BCUT2D eigenvalue weighted by Crippen LogP contribution is 2.34. The van der Waals surface area contributed by atoms with Gasteiger partial charge in [0.1, 0.15) is 12.1 Å². The number of Topliss-reactive ketones (excluding diaryl/α,β-unsaturated/α-hetero) is 1. The van der Waals surface area contributed by atoms with Crippen molar-refractivity contribution in [3.8, 4) is 0 Å². The molecule has 5 rings (SSSR count). The van der Waals surface area contributed by atoms with Crippen LogP contribution in [0.4, 0.5) is 10.1 Å². The first kappa shape index (κ1) is 35.1. The Labute approximate surface area is 277 Å². The number of hydrogen-bond acceptors (Lipinski definition) is 8. The second-order valence-corrected chi connectivity index (χ2v) is 12.1. The Bertz CT molecular complexity index is 1420. The zero-order chi connectivity index (χ0) is 31.8. The van der Waals surface area contributed by atoms with Crippen LogP contribution in [0.15, 0.2) is 60.1 Å². The highest BCUT2D eigenvalue weighted by molar-refractivity contribution is 6.23. The summed E-state index contributed by atoms with van der Waals surface area (Å²) in [6.07, 6.45) is 19.4. The van der Waals surface area contributed by atoms with Crippen molar-refractivity contribution in [3.63, 3.8) is 0 Å². The predicted molar refractivity (Wildman–Crippen MR) is 179 cm³/mol. The summed E-state index contributed by atoms with van der Waals surface area (Å²) >= 11 is 0. The number of ketones is 1. The SMILES string of the molecule is CCCCCCC(C1=CCNC=C1)N1CCN(c2cc3c(cc2F)C(=O)N(C2=CC=CN(CC(=O)CCCC=O)C2)C3=O)CC1.Cl. The van der Waals surface area contributed by atoms with Gasteiger partial charge >= 0.3 is 0 Å². The molecule has 0 saturated carbocycles. The Hall–Kier alpha value is -3.76. The number of halogens is 2. The molecule has 1 N–H and O–H groups in total. The molecule has 1 fully saturated rings. The number of nitrogens with zero attached hydrogens (tertiary/aromatic N) is 4. The molecule has 1 unspecified atom stereocenters. The maximum atomic E-state index is 15.6. The van der Waals surface area contributed by atoms with Crippen molar-refractivity contribution in [2.45, 2.75) is 64.3 Å². The van der Waals surface area contributed by atoms with Crippen molar-refractivity contribution in [2.24, 2.45) is 0 Å². The molecule has 46 heavy (non-hydrogen) atoms. The summed E-state index contributed by atoms with van der Waals surface area (Å²) in [5.74, 6) is -1.57. The molecule has 0 aromatic heterocycles. The second kappa shape index (κ2) is 16.7. The topological polar surface area (TPSA) is 93.3 Å². The van der Waals surface area contributed by atoms with Gasteiger partial charge in [0.05, 0.1) is 29.9 Å². The highest BCUT2D eigenvalue weighted by Gasteiger charge is 2.40. The number of hydrogen-bond donors (Lipinski definition) is 1. The van der Waals surface area contributed by atoms with Crippen molar-refractivity contribution in [2.75, 3.05) is 50.7 Å². The molecule has 1 saturated heterocycles. The third kappa shape index (κ3) is 8.14. The molecule has 4 aliphatic heterocycles. The van der Waals surface area contributed by atoms with E-state index in [1.165, 1.54) is 43.4 Å². The Morgan fingerprint density at radius 3 is 2.50 bits per heavy atom. The molecule has 4 heterocycles. The number of allylic oxidation sites excluding steroid dienone is 2. The smallest absolute Gasteiger partial charge is 0.266 e. The van der Waals surface area contributed by atoms with Gasteiger partial charge in [0, 0.05) is 57.3 Å². The van der Waals surface area contributed by atoms with Crippen LogP contribution in [0, 0.1) is 5.82 Å². The molecule has 4 aliphatic rings. The second-order valence-electron chi connectivity index (χ2n) is 12.1. The zero-order valence-corrected chi connectivity index (χ0v) is 27.4. The van der Waals surface area contributed by atoms with Crippen LogP contribution in [0.3, 0.4) is 0 Å². The number of aldehydes is 1. The summed E-state index contributed by atoms with van der Waals surface area (Å²) in [7, 11) is 0.